The van der Waals surface area contributed by atoms with E-state index in [9.17, 15) is 4.79 Å². The number of allylic oxidation sites excluding steroid dienone is 1. The Morgan fingerprint density at radius 2 is 2.02 bits per heavy atom. The summed E-state index contributed by atoms with van der Waals surface area (Å²) in [7, 11) is 3.29. The van der Waals surface area contributed by atoms with E-state index in [2.05, 4.69) is 37.8 Å². The average molecular weight is 673 g/mol. The van der Waals surface area contributed by atoms with Gasteiger partial charge < -0.3 is 25.6 Å². The fraction of sp³-hybridized carbons (Fsp3) is 0.483. The summed E-state index contributed by atoms with van der Waals surface area (Å²) in [6.45, 7) is 0.516. The van der Waals surface area contributed by atoms with Crippen LogP contribution < -0.4 is 20.5 Å². The van der Waals surface area contributed by atoms with E-state index in [4.69, 9.17) is 30.3 Å². The molecule has 4 rings (SSSR count). The van der Waals surface area contributed by atoms with Crippen molar-refractivity contribution in [3.63, 3.8) is 0 Å². The Balaban J connectivity index is 0.00000294. The highest BCUT2D eigenvalue weighted by Gasteiger charge is 2.27. The molecule has 1 fully saturated rings. The predicted molar refractivity (Wildman–Crippen MR) is 171 cm³/mol. The third kappa shape index (κ3) is 8.98. The number of anilines is 1. The summed E-state index contributed by atoms with van der Waals surface area (Å²) in [5.74, 6) is 2.74. The maximum atomic E-state index is 10.7. The van der Waals surface area contributed by atoms with Crippen LogP contribution in [0.4, 0.5) is 5.82 Å². The van der Waals surface area contributed by atoms with Crippen LogP contribution in [0.25, 0.3) is 11.6 Å². The summed E-state index contributed by atoms with van der Waals surface area (Å²) in [5, 5.41) is 12.3. The van der Waals surface area contributed by atoms with Crippen molar-refractivity contribution < 1.29 is 19.4 Å². The summed E-state index contributed by atoms with van der Waals surface area (Å²) >= 11 is 3.72. The molecule has 12 heteroatoms. The van der Waals surface area contributed by atoms with E-state index in [1.807, 2.05) is 24.4 Å². The largest absolute Gasteiger partial charge is 0.497 e. The zero-order valence-corrected chi connectivity index (χ0v) is 26.7. The molecule has 0 amide bonds. The molecule has 2 atom stereocenters. The molecule has 4 N–H and O–H groups in total. The van der Waals surface area contributed by atoms with Crippen molar-refractivity contribution in [2.24, 2.45) is 5.73 Å². The maximum absolute atomic E-state index is 10.7. The molecule has 226 valence electrons. The number of carboxylic acids is 1. The Hall–Kier alpha value is -2.53. The quantitative estimate of drug-likeness (QED) is 0.166. The van der Waals surface area contributed by atoms with Gasteiger partial charge in [0.25, 0.3) is 0 Å². The third-order valence-electron chi connectivity index (χ3n) is 7.24. The van der Waals surface area contributed by atoms with Crippen molar-refractivity contribution in [2.45, 2.75) is 76.3 Å². The maximum Gasteiger partial charge on any atom is 0.303 e. The van der Waals surface area contributed by atoms with Crippen molar-refractivity contribution in [3.05, 3.63) is 52.2 Å². The van der Waals surface area contributed by atoms with Gasteiger partial charge in [-0.3, -0.25) is 9.20 Å². The molecule has 0 spiro atoms. The molecular formula is C29H40BrCl2N5O4. The highest BCUT2D eigenvalue weighted by atomic mass is 79.9. The van der Waals surface area contributed by atoms with Gasteiger partial charge in [-0.15, -0.1) is 24.8 Å². The van der Waals surface area contributed by atoms with E-state index in [0.29, 0.717) is 13.0 Å². The fourth-order valence-electron chi connectivity index (χ4n) is 5.20. The number of carbonyl (C=O) groups is 1. The average Bonchev–Trinajstić information content (AvgIpc) is 3.29. The minimum Gasteiger partial charge on any atom is -0.497 e. The van der Waals surface area contributed by atoms with Crippen molar-refractivity contribution in [1.29, 1.82) is 0 Å². The number of aliphatic carboxylic acids is 1. The smallest absolute Gasteiger partial charge is 0.303 e. The Kier molecular flexibility index (Phi) is 14.2. The molecule has 41 heavy (non-hydrogen) atoms. The number of unbranched alkanes of at least 4 members (excludes halogenated alkanes) is 3. The minimum atomic E-state index is -0.737. The molecule has 2 aromatic heterocycles. The van der Waals surface area contributed by atoms with Gasteiger partial charge in [-0.25, -0.2) is 9.97 Å². The van der Waals surface area contributed by atoms with E-state index in [1.165, 1.54) is 0 Å². The number of halogens is 3. The van der Waals surface area contributed by atoms with Crippen molar-refractivity contribution in [1.82, 2.24) is 14.4 Å². The molecule has 0 aliphatic heterocycles. The van der Waals surface area contributed by atoms with Crippen LogP contribution >= 0.6 is 40.7 Å². The monoisotopic (exact) mass is 671 g/mol. The van der Waals surface area contributed by atoms with Crippen LogP contribution in [0.2, 0.25) is 0 Å². The number of nitrogens with one attached hydrogen (secondary N) is 1. The van der Waals surface area contributed by atoms with E-state index in [0.717, 1.165) is 89.5 Å². The van der Waals surface area contributed by atoms with Crippen molar-refractivity contribution in [2.75, 3.05) is 19.5 Å². The molecular weight excluding hydrogens is 633 g/mol. The standard InChI is InChI=1S/C29H38BrN5O4.2ClH/c1-38-23-14-13-20(24(16-23)39-2)17-32-28-26-27(30)34-29(19-9-8-10-21(31)15-19)35(26)22(18-33-28)11-6-4-3-5-7-12-25(36)37;;/h6,11,13-14,16,18-19,21H,3-5,7-10,12,15,17,31H2,1-2H3,(H,32,33)(H,36,37);2*1H/b11-6+;;/t19-,21-;;/m1../s1. The minimum absolute atomic E-state index is 0. The number of benzene rings is 1. The Labute approximate surface area is 262 Å². The SMILES string of the molecule is COc1ccc(CNc2ncc(/C=C/CCCCCC(=O)O)n3c([C@@H]4CCC[C@@H](N)C4)nc(Br)c23)c(OC)c1.Cl.Cl. The Morgan fingerprint density at radius 1 is 1.22 bits per heavy atom. The summed E-state index contributed by atoms with van der Waals surface area (Å²) in [4.78, 5) is 20.5. The van der Waals surface area contributed by atoms with Crippen molar-refractivity contribution >= 4 is 64.1 Å². The van der Waals surface area contributed by atoms with Gasteiger partial charge in [-0.05, 0) is 72.7 Å². The second kappa shape index (κ2) is 16.8. The second-order valence-corrected chi connectivity index (χ2v) is 10.8. The highest BCUT2D eigenvalue weighted by Crippen LogP contribution is 2.37. The normalized spacial score (nSPS) is 16.7. The zero-order chi connectivity index (χ0) is 27.8. The first kappa shape index (κ1) is 34.7. The van der Waals surface area contributed by atoms with Gasteiger partial charge in [0.1, 0.15) is 27.4 Å². The van der Waals surface area contributed by atoms with Crippen LogP contribution in [-0.4, -0.2) is 45.7 Å². The topological polar surface area (TPSA) is 124 Å². The lowest BCUT2D eigenvalue weighted by molar-refractivity contribution is -0.137. The number of nitrogens with zero attached hydrogens (tertiary/aromatic N) is 3. The summed E-state index contributed by atoms with van der Waals surface area (Å²) in [6, 6.07) is 5.95. The first-order valence-corrected chi connectivity index (χ1v) is 14.4. The Bertz CT molecular complexity index is 1320. The van der Waals surface area contributed by atoms with Crippen molar-refractivity contribution in [3.8, 4) is 11.5 Å². The summed E-state index contributed by atoms with van der Waals surface area (Å²) in [6.07, 6.45) is 13.8. The van der Waals surface area contributed by atoms with Crippen LogP contribution in [0.3, 0.4) is 0 Å². The number of imidazole rings is 1. The number of hydrogen-bond acceptors (Lipinski definition) is 7. The van der Waals surface area contributed by atoms with E-state index < -0.39 is 5.97 Å². The van der Waals surface area contributed by atoms with Gasteiger partial charge in [0.2, 0.25) is 0 Å². The first-order valence-electron chi connectivity index (χ1n) is 13.6. The van der Waals surface area contributed by atoms with Gasteiger partial charge in [0.05, 0.1) is 26.1 Å². The number of fused-ring (bicyclic) bond motifs is 1. The lowest BCUT2D eigenvalue weighted by Gasteiger charge is -2.26. The molecule has 0 saturated heterocycles. The number of ether oxygens (including phenoxy) is 2. The van der Waals surface area contributed by atoms with Gasteiger partial charge in [0, 0.05) is 36.6 Å². The van der Waals surface area contributed by atoms with Gasteiger partial charge >= 0.3 is 5.97 Å². The molecule has 1 aromatic carbocycles. The van der Waals surface area contributed by atoms with E-state index in [1.54, 1.807) is 14.2 Å². The Morgan fingerprint density at radius 3 is 2.73 bits per heavy atom. The number of carboxylic acid groups (broad SMARTS) is 1. The third-order valence-corrected chi connectivity index (χ3v) is 7.79. The number of aromatic nitrogens is 3. The second-order valence-electron chi connectivity index (χ2n) is 10.0. The van der Waals surface area contributed by atoms with Crippen LogP contribution in [0.1, 0.15) is 80.8 Å². The van der Waals surface area contributed by atoms with E-state index >= 15 is 0 Å². The predicted octanol–water partition coefficient (Wildman–Crippen LogP) is 7.00. The lowest BCUT2D eigenvalue weighted by atomic mass is 9.85. The number of hydrogen-bond donors (Lipinski definition) is 3. The van der Waals surface area contributed by atoms with Crippen LogP contribution in [0.15, 0.2) is 35.1 Å². The van der Waals surface area contributed by atoms with Crippen LogP contribution in [0, 0.1) is 0 Å². The zero-order valence-electron chi connectivity index (χ0n) is 23.5. The molecule has 1 saturated carbocycles. The molecule has 0 radical (unpaired) electrons. The fourth-order valence-corrected chi connectivity index (χ4v) is 5.75. The molecule has 1 aliphatic carbocycles. The van der Waals surface area contributed by atoms with E-state index in [-0.39, 0.29) is 43.2 Å². The molecule has 0 unspecified atom stereocenters. The molecule has 0 bridgehead atoms. The molecule has 9 nitrogen and oxygen atoms in total. The number of nitrogens with two attached hydrogens (primary N) is 1. The number of methoxy groups -OCH3 is 2. The summed E-state index contributed by atoms with van der Waals surface area (Å²) in [5.41, 5.74) is 9.18. The van der Waals surface area contributed by atoms with Gasteiger partial charge in [-0.2, -0.15) is 0 Å². The summed E-state index contributed by atoms with van der Waals surface area (Å²) < 4.78 is 13.9. The first-order chi connectivity index (χ1) is 18.9. The van der Waals surface area contributed by atoms with Crippen LogP contribution in [-0.2, 0) is 11.3 Å². The van der Waals surface area contributed by atoms with Crippen LogP contribution in [0.5, 0.6) is 11.5 Å². The molecule has 1 aliphatic rings. The van der Waals surface area contributed by atoms with Gasteiger partial charge in [-0.1, -0.05) is 18.9 Å². The highest BCUT2D eigenvalue weighted by molar-refractivity contribution is 9.10. The molecule has 3 aromatic rings. The molecule has 2 heterocycles. The van der Waals surface area contributed by atoms with Gasteiger partial charge in [0.15, 0.2) is 5.82 Å². The lowest BCUT2D eigenvalue weighted by Crippen LogP contribution is -2.27. The number of rotatable bonds is 13.